The molecular formula is C19H22BrN3O4. The third-order valence-electron chi connectivity index (χ3n) is 6.49. The highest BCUT2D eigenvalue weighted by Crippen LogP contribution is 2.57. The third kappa shape index (κ3) is 3.47. The third-order valence-corrected chi connectivity index (χ3v) is 7.10. The molecule has 2 atom stereocenters. The fraction of sp³-hybridized carbons (Fsp3) is 0.579. The number of hydrogen-bond acceptors (Lipinski definition) is 5. The maximum absolute atomic E-state index is 13.0. The Labute approximate surface area is 165 Å². The van der Waals surface area contributed by atoms with E-state index in [0.29, 0.717) is 17.8 Å². The van der Waals surface area contributed by atoms with Gasteiger partial charge in [-0.15, -0.1) is 0 Å². The molecule has 27 heavy (non-hydrogen) atoms. The van der Waals surface area contributed by atoms with Crippen molar-refractivity contribution in [3.63, 3.8) is 0 Å². The molecule has 2 N–H and O–H groups in total. The van der Waals surface area contributed by atoms with E-state index in [1.165, 1.54) is 44.0 Å². The number of hydrazone groups is 1. The van der Waals surface area contributed by atoms with Gasteiger partial charge in [0, 0.05) is 17.7 Å². The Bertz CT molecular complexity index is 809. The van der Waals surface area contributed by atoms with E-state index in [1.54, 1.807) is 0 Å². The van der Waals surface area contributed by atoms with Gasteiger partial charge in [-0.1, -0.05) is 12.8 Å². The van der Waals surface area contributed by atoms with Gasteiger partial charge in [-0.25, -0.2) is 5.43 Å². The molecule has 0 aromatic heterocycles. The zero-order valence-electron chi connectivity index (χ0n) is 14.9. The molecule has 4 fully saturated rings. The number of carbonyl (C=O) groups is 1. The molecule has 0 radical (unpaired) electrons. The molecule has 8 heteroatoms. The number of nitrogens with one attached hydrogen (secondary N) is 1. The van der Waals surface area contributed by atoms with Crippen LogP contribution >= 0.6 is 15.9 Å². The lowest BCUT2D eigenvalue weighted by Gasteiger charge is -2.46. The van der Waals surface area contributed by atoms with Crippen LogP contribution in [-0.4, -0.2) is 22.2 Å². The average Bonchev–Trinajstić information content (AvgIpc) is 2.83. The Balaban J connectivity index is 1.51. The van der Waals surface area contributed by atoms with Crippen LogP contribution in [0.15, 0.2) is 21.7 Å². The van der Waals surface area contributed by atoms with Crippen LogP contribution in [0.5, 0.6) is 5.75 Å². The van der Waals surface area contributed by atoms with E-state index < -0.39 is 4.92 Å². The fourth-order valence-electron chi connectivity index (χ4n) is 5.56. The number of rotatable bonds is 4. The number of phenols is 1. The lowest BCUT2D eigenvalue weighted by molar-refractivity contribution is -0.385. The normalized spacial score (nSPS) is 31.8. The second-order valence-corrected chi connectivity index (χ2v) is 9.22. The number of nitrogens with zero attached hydrogens (tertiary/aromatic N) is 2. The zero-order valence-corrected chi connectivity index (χ0v) is 16.4. The summed E-state index contributed by atoms with van der Waals surface area (Å²) in [6, 6.07) is 2.45. The first-order chi connectivity index (χ1) is 12.9. The summed E-state index contributed by atoms with van der Waals surface area (Å²) in [6.07, 6.45) is 9.05. The average molecular weight is 436 g/mol. The topological polar surface area (TPSA) is 105 Å². The molecular weight excluding hydrogens is 414 g/mol. The maximum Gasteiger partial charge on any atom is 0.271 e. The van der Waals surface area contributed by atoms with Crippen molar-refractivity contribution in [3.8, 4) is 5.75 Å². The number of fused-ring (bicyclic) bond motifs is 1. The van der Waals surface area contributed by atoms with Gasteiger partial charge < -0.3 is 5.11 Å². The lowest BCUT2D eigenvalue weighted by atomic mass is 9.58. The summed E-state index contributed by atoms with van der Waals surface area (Å²) < 4.78 is 0.210. The van der Waals surface area contributed by atoms with E-state index in [4.69, 9.17) is 0 Å². The van der Waals surface area contributed by atoms with Crippen LogP contribution in [0.25, 0.3) is 0 Å². The van der Waals surface area contributed by atoms with Crippen LogP contribution in [0.2, 0.25) is 0 Å². The summed E-state index contributed by atoms with van der Waals surface area (Å²) in [7, 11) is 0. The molecule has 7 nitrogen and oxygen atoms in total. The molecule has 4 aliphatic carbocycles. The zero-order chi connectivity index (χ0) is 19.2. The van der Waals surface area contributed by atoms with Crippen LogP contribution < -0.4 is 5.43 Å². The van der Waals surface area contributed by atoms with Gasteiger partial charge in [-0.2, -0.15) is 5.10 Å². The number of nitro groups is 1. The molecule has 4 bridgehead atoms. The van der Waals surface area contributed by atoms with E-state index in [2.05, 4.69) is 26.5 Å². The van der Waals surface area contributed by atoms with Crippen molar-refractivity contribution in [2.24, 2.45) is 28.3 Å². The van der Waals surface area contributed by atoms with Crippen molar-refractivity contribution in [1.29, 1.82) is 0 Å². The number of nitro benzene ring substituents is 1. The van der Waals surface area contributed by atoms with Crippen molar-refractivity contribution in [2.75, 3.05) is 0 Å². The van der Waals surface area contributed by atoms with Crippen LogP contribution in [0.4, 0.5) is 5.69 Å². The van der Waals surface area contributed by atoms with Gasteiger partial charge in [0.05, 0.1) is 21.0 Å². The van der Waals surface area contributed by atoms with Crippen LogP contribution in [-0.2, 0) is 4.79 Å². The first kappa shape index (κ1) is 18.4. The van der Waals surface area contributed by atoms with Gasteiger partial charge in [0.15, 0.2) is 0 Å². The van der Waals surface area contributed by atoms with Crippen LogP contribution in [0.3, 0.4) is 0 Å². The summed E-state index contributed by atoms with van der Waals surface area (Å²) in [6.45, 7) is 0. The van der Waals surface area contributed by atoms with E-state index in [-0.39, 0.29) is 32.8 Å². The molecule has 144 valence electrons. The number of halogens is 1. The summed E-state index contributed by atoms with van der Waals surface area (Å²) in [5, 5.41) is 25.0. The summed E-state index contributed by atoms with van der Waals surface area (Å²) in [5.74, 6) is 1.73. The summed E-state index contributed by atoms with van der Waals surface area (Å²) in [4.78, 5) is 23.4. The predicted octanol–water partition coefficient (Wildman–Crippen LogP) is 4.12. The molecule has 1 amide bonds. The van der Waals surface area contributed by atoms with Crippen LogP contribution in [0, 0.1) is 33.3 Å². The van der Waals surface area contributed by atoms with E-state index in [0.717, 1.165) is 19.3 Å². The SMILES string of the molecule is O=C(N/N=C\c1cc([N+](=O)[O-])cc(Br)c1O)C12CC3C[C@H](CC[C@@H](C3)C1)C2. The highest BCUT2D eigenvalue weighted by Gasteiger charge is 2.52. The van der Waals surface area contributed by atoms with Crippen molar-refractivity contribution in [3.05, 3.63) is 32.3 Å². The van der Waals surface area contributed by atoms with Crippen molar-refractivity contribution in [2.45, 2.75) is 44.9 Å². The number of benzene rings is 1. The second-order valence-electron chi connectivity index (χ2n) is 8.36. The molecule has 0 saturated heterocycles. The minimum Gasteiger partial charge on any atom is -0.506 e. The lowest BCUT2D eigenvalue weighted by Crippen LogP contribution is -2.47. The second kappa shape index (κ2) is 6.89. The Morgan fingerprint density at radius 2 is 1.89 bits per heavy atom. The fourth-order valence-corrected chi connectivity index (χ4v) is 6.02. The van der Waals surface area contributed by atoms with Gasteiger partial charge in [0.2, 0.25) is 5.91 Å². The molecule has 0 unspecified atom stereocenters. The largest absolute Gasteiger partial charge is 0.506 e. The first-order valence-corrected chi connectivity index (χ1v) is 10.2. The molecule has 0 heterocycles. The molecule has 5 rings (SSSR count). The maximum atomic E-state index is 13.0. The van der Waals surface area contributed by atoms with Gasteiger partial charge in [-0.05, 0) is 65.8 Å². The molecule has 4 aliphatic rings. The first-order valence-electron chi connectivity index (χ1n) is 9.37. The highest BCUT2D eigenvalue weighted by atomic mass is 79.9. The number of non-ortho nitro benzene ring substituents is 1. The Morgan fingerprint density at radius 1 is 1.26 bits per heavy atom. The van der Waals surface area contributed by atoms with Crippen molar-refractivity contribution in [1.82, 2.24) is 5.43 Å². The Kier molecular flexibility index (Phi) is 4.70. The van der Waals surface area contributed by atoms with E-state index in [9.17, 15) is 20.0 Å². The molecule has 4 saturated carbocycles. The van der Waals surface area contributed by atoms with Gasteiger partial charge >= 0.3 is 0 Å². The number of phenolic OH excluding ortho intramolecular Hbond substituents is 1. The summed E-state index contributed by atoms with van der Waals surface area (Å²) >= 11 is 3.10. The van der Waals surface area contributed by atoms with Crippen molar-refractivity contribution < 1.29 is 14.8 Å². The van der Waals surface area contributed by atoms with Crippen LogP contribution in [0.1, 0.15) is 50.5 Å². The van der Waals surface area contributed by atoms with Gasteiger partial charge in [0.1, 0.15) is 5.75 Å². The predicted molar refractivity (Wildman–Crippen MR) is 103 cm³/mol. The van der Waals surface area contributed by atoms with Crippen molar-refractivity contribution >= 4 is 33.7 Å². The molecule has 1 aromatic carbocycles. The number of hydrogen-bond donors (Lipinski definition) is 2. The quantitative estimate of drug-likeness (QED) is 0.421. The molecule has 0 aliphatic heterocycles. The van der Waals surface area contributed by atoms with E-state index >= 15 is 0 Å². The minimum absolute atomic E-state index is 0.0518. The number of aromatic hydroxyl groups is 1. The Morgan fingerprint density at radius 3 is 2.52 bits per heavy atom. The van der Waals surface area contributed by atoms with E-state index in [1.807, 2.05) is 0 Å². The Hall–Kier alpha value is -1.96. The minimum atomic E-state index is -0.543. The number of amides is 1. The smallest absolute Gasteiger partial charge is 0.271 e. The standard InChI is InChI=1S/C19H22BrN3O4/c20-16-6-15(23(26)27)5-14(17(16)24)10-21-22-18(25)19-7-11-1-2-12(8-19)4-13(3-11)9-19/h5-6,10-13,24H,1-4,7-9H2,(H,22,25)/b21-10-/t11-,12-,13?,19?/m0/s1. The van der Waals surface area contributed by atoms with Gasteiger partial charge in [0.25, 0.3) is 5.69 Å². The van der Waals surface area contributed by atoms with Gasteiger partial charge in [-0.3, -0.25) is 14.9 Å². The molecule has 0 spiro atoms. The number of carbonyl (C=O) groups excluding carboxylic acids is 1. The summed E-state index contributed by atoms with van der Waals surface area (Å²) in [5.41, 5.74) is 2.34. The molecule has 1 aromatic rings. The highest BCUT2D eigenvalue weighted by molar-refractivity contribution is 9.10. The monoisotopic (exact) mass is 435 g/mol.